The molecule has 2 amide bonds. The molecule has 0 heterocycles. The molecule has 0 aliphatic rings. The van der Waals surface area contributed by atoms with Crippen molar-refractivity contribution < 1.29 is 19.1 Å². The molecule has 0 aliphatic carbocycles. The van der Waals surface area contributed by atoms with Crippen molar-refractivity contribution in [3.8, 4) is 0 Å². The average molecular weight is 252 g/mol. The Morgan fingerprint density at radius 1 is 1.33 bits per heavy atom. The molecule has 0 bridgehead atoms. The van der Waals surface area contributed by atoms with Crippen LogP contribution in [-0.4, -0.2) is 23.7 Å². The van der Waals surface area contributed by atoms with Gasteiger partial charge in [-0.25, -0.2) is 9.18 Å². The van der Waals surface area contributed by atoms with Gasteiger partial charge in [0.05, 0.1) is 6.42 Å². The standard InChI is InChI=1S/C12H13FN2O3/c13-10-4-2-1-3-9(10)5-7-14-12(18)15-8-6-11(16)17/h1-5,7H,6,8H2,(H,16,17)(H2,14,15,18)/b7-5+. The third-order valence-corrected chi connectivity index (χ3v) is 2.01. The first-order valence-electron chi connectivity index (χ1n) is 5.27. The highest BCUT2D eigenvalue weighted by Gasteiger charge is 2.00. The lowest BCUT2D eigenvalue weighted by atomic mass is 10.2. The highest BCUT2D eigenvalue weighted by molar-refractivity contribution is 5.76. The van der Waals surface area contributed by atoms with Crippen molar-refractivity contribution in [3.63, 3.8) is 0 Å². The zero-order chi connectivity index (χ0) is 13.4. The van der Waals surface area contributed by atoms with Crippen LogP contribution in [0.4, 0.5) is 9.18 Å². The largest absolute Gasteiger partial charge is 0.481 e. The minimum Gasteiger partial charge on any atom is -0.481 e. The molecule has 0 spiro atoms. The van der Waals surface area contributed by atoms with Crippen molar-refractivity contribution >= 4 is 18.1 Å². The molecule has 1 rings (SSSR count). The van der Waals surface area contributed by atoms with Crippen LogP contribution in [0.25, 0.3) is 6.08 Å². The fourth-order valence-corrected chi connectivity index (χ4v) is 1.15. The monoisotopic (exact) mass is 252 g/mol. The zero-order valence-electron chi connectivity index (χ0n) is 9.52. The number of carboxylic acid groups (broad SMARTS) is 1. The summed E-state index contributed by atoms with van der Waals surface area (Å²) in [5, 5.41) is 13.0. The Morgan fingerprint density at radius 2 is 2.06 bits per heavy atom. The first-order valence-corrected chi connectivity index (χ1v) is 5.27. The van der Waals surface area contributed by atoms with E-state index in [0.717, 1.165) is 0 Å². The summed E-state index contributed by atoms with van der Waals surface area (Å²) in [6.45, 7) is 0.0364. The second-order valence-electron chi connectivity index (χ2n) is 3.40. The van der Waals surface area contributed by atoms with Crippen LogP contribution in [0.15, 0.2) is 30.5 Å². The summed E-state index contributed by atoms with van der Waals surface area (Å²) in [5.41, 5.74) is 0.350. The first-order chi connectivity index (χ1) is 8.59. The SMILES string of the molecule is O=C(O)CCNC(=O)N/C=C/c1ccccc1F. The summed E-state index contributed by atoms with van der Waals surface area (Å²) in [6, 6.07) is 5.58. The van der Waals surface area contributed by atoms with Crippen LogP contribution in [0.3, 0.4) is 0 Å². The van der Waals surface area contributed by atoms with Crippen LogP contribution in [0, 0.1) is 5.82 Å². The molecule has 0 fully saturated rings. The number of nitrogens with one attached hydrogen (secondary N) is 2. The van der Waals surface area contributed by atoms with Crippen molar-refractivity contribution in [2.24, 2.45) is 0 Å². The first kappa shape index (κ1) is 13.7. The van der Waals surface area contributed by atoms with Crippen LogP contribution in [0.5, 0.6) is 0 Å². The maximum absolute atomic E-state index is 13.2. The van der Waals surface area contributed by atoms with Gasteiger partial charge in [0.1, 0.15) is 5.82 Å². The number of amides is 2. The van der Waals surface area contributed by atoms with Crippen LogP contribution in [0.2, 0.25) is 0 Å². The normalized spacial score (nSPS) is 10.3. The number of carbonyl (C=O) groups excluding carboxylic acids is 1. The molecule has 0 unspecified atom stereocenters. The predicted octanol–water partition coefficient (Wildman–Crippen LogP) is 1.57. The summed E-state index contributed by atoms with van der Waals surface area (Å²) in [6.07, 6.45) is 2.55. The number of carbonyl (C=O) groups is 2. The van der Waals surface area contributed by atoms with Gasteiger partial charge < -0.3 is 15.7 Å². The van der Waals surface area contributed by atoms with Crippen molar-refractivity contribution in [2.75, 3.05) is 6.54 Å². The predicted molar refractivity (Wildman–Crippen MR) is 64.2 cm³/mol. The summed E-state index contributed by atoms with van der Waals surface area (Å²) < 4.78 is 13.2. The average Bonchev–Trinajstić information content (AvgIpc) is 2.31. The molecule has 1 aromatic rings. The highest BCUT2D eigenvalue weighted by atomic mass is 19.1. The van der Waals surface area contributed by atoms with E-state index in [9.17, 15) is 14.0 Å². The van der Waals surface area contributed by atoms with Crippen LogP contribution < -0.4 is 10.6 Å². The maximum Gasteiger partial charge on any atom is 0.318 e. The van der Waals surface area contributed by atoms with Crippen LogP contribution >= 0.6 is 0 Å². The topological polar surface area (TPSA) is 78.4 Å². The molecule has 0 atom stereocenters. The van der Waals surface area contributed by atoms with Gasteiger partial charge in [0, 0.05) is 18.3 Å². The summed E-state index contributed by atoms with van der Waals surface area (Å²) in [7, 11) is 0. The van der Waals surface area contributed by atoms with E-state index in [1.54, 1.807) is 18.2 Å². The van der Waals surface area contributed by atoms with Gasteiger partial charge in [0.25, 0.3) is 0 Å². The molecule has 1 aromatic carbocycles. The second kappa shape index (κ2) is 7.05. The molecule has 6 heteroatoms. The van der Waals surface area contributed by atoms with Gasteiger partial charge in [-0.1, -0.05) is 18.2 Å². The molecule has 3 N–H and O–H groups in total. The smallest absolute Gasteiger partial charge is 0.318 e. The third-order valence-electron chi connectivity index (χ3n) is 2.01. The number of hydrogen-bond donors (Lipinski definition) is 3. The quantitative estimate of drug-likeness (QED) is 0.744. The van der Waals surface area contributed by atoms with E-state index < -0.39 is 12.0 Å². The molecule has 5 nitrogen and oxygen atoms in total. The highest BCUT2D eigenvalue weighted by Crippen LogP contribution is 2.07. The Morgan fingerprint density at radius 3 is 2.72 bits per heavy atom. The van der Waals surface area contributed by atoms with E-state index in [0.29, 0.717) is 5.56 Å². The molecule has 0 saturated heterocycles. The Hall–Kier alpha value is -2.37. The minimum atomic E-state index is -0.989. The molecule has 18 heavy (non-hydrogen) atoms. The molecule has 0 aliphatic heterocycles. The lowest BCUT2D eigenvalue weighted by molar-refractivity contribution is -0.136. The van der Waals surface area contributed by atoms with Crippen LogP contribution in [0.1, 0.15) is 12.0 Å². The van der Waals surface area contributed by atoms with E-state index in [4.69, 9.17) is 5.11 Å². The lowest BCUT2D eigenvalue weighted by Crippen LogP contribution is -2.33. The van der Waals surface area contributed by atoms with Gasteiger partial charge >= 0.3 is 12.0 Å². The molecular formula is C12H13FN2O3. The minimum absolute atomic E-state index is 0.0364. The number of rotatable bonds is 5. The van der Waals surface area contributed by atoms with Crippen molar-refractivity contribution in [2.45, 2.75) is 6.42 Å². The van der Waals surface area contributed by atoms with E-state index in [-0.39, 0.29) is 18.8 Å². The Balaban J connectivity index is 2.34. The number of halogens is 1. The number of carboxylic acids is 1. The fourth-order valence-electron chi connectivity index (χ4n) is 1.15. The Labute approximate surface area is 103 Å². The molecular weight excluding hydrogens is 239 g/mol. The summed E-state index contributed by atoms with van der Waals surface area (Å²) >= 11 is 0. The third kappa shape index (κ3) is 5.11. The number of benzene rings is 1. The van der Waals surface area contributed by atoms with E-state index in [2.05, 4.69) is 10.6 Å². The van der Waals surface area contributed by atoms with Gasteiger partial charge in [-0.3, -0.25) is 4.79 Å². The van der Waals surface area contributed by atoms with Crippen molar-refractivity contribution in [3.05, 3.63) is 41.8 Å². The fraction of sp³-hybridized carbons (Fsp3) is 0.167. The van der Waals surface area contributed by atoms with Gasteiger partial charge in [-0.2, -0.15) is 0 Å². The number of hydrogen-bond acceptors (Lipinski definition) is 2. The summed E-state index contributed by atoms with van der Waals surface area (Å²) in [5.74, 6) is -1.38. The van der Waals surface area contributed by atoms with Gasteiger partial charge in [-0.15, -0.1) is 0 Å². The summed E-state index contributed by atoms with van der Waals surface area (Å²) in [4.78, 5) is 21.3. The second-order valence-corrected chi connectivity index (χ2v) is 3.40. The lowest BCUT2D eigenvalue weighted by Gasteiger charge is -2.02. The van der Waals surface area contributed by atoms with E-state index in [1.165, 1.54) is 18.3 Å². The van der Waals surface area contributed by atoms with Gasteiger partial charge in [-0.05, 0) is 12.1 Å². The molecule has 0 aromatic heterocycles. The molecule has 96 valence electrons. The molecule has 0 radical (unpaired) electrons. The van der Waals surface area contributed by atoms with E-state index in [1.807, 2.05) is 0 Å². The van der Waals surface area contributed by atoms with Crippen molar-refractivity contribution in [1.29, 1.82) is 0 Å². The Bertz CT molecular complexity index is 460. The zero-order valence-corrected chi connectivity index (χ0v) is 9.52. The van der Waals surface area contributed by atoms with Gasteiger partial charge in [0.2, 0.25) is 0 Å². The van der Waals surface area contributed by atoms with Gasteiger partial charge in [0.15, 0.2) is 0 Å². The number of aliphatic carboxylic acids is 1. The maximum atomic E-state index is 13.2. The van der Waals surface area contributed by atoms with Crippen LogP contribution in [-0.2, 0) is 4.79 Å². The van der Waals surface area contributed by atoms with E-state index >= 15 is 0 Å². The van der Waals surface area contributed by atoms with Crippen molar-refractivity contribution in [1.82, 2.24) is 10.6 Å². The Kier molecular flexibility index (Phi) is 5.37. The molecule has 0 saturated carbocycles. The number of urea groups is 1.